The van der Waals surface area contributed by atoms with Crippen molar-refractivity contribution < 1.29 is 9.53 Å². The van der Waals surface area contributed by atoms with Crippen LogP contribution in [-0.2, 0) is 9.53 Å². The zero-order valence-electron chi connectivity index (χ0n) is 11.7. The summed E-state index contributed by atoms with van der Waals surface area (Å²) < 4.78 is 5.02. The van der Waals surface area contributed by atoms with Gasteiger partial charge in [-0.3, -0.25) is 4.79 Å². The monoisotopic (exact) mass is 249 g/mol. The molecule has 3 nitrogen and oxygen atoms in total. The molecule has 3 heteroatoms. The van der Waals surface area contributed by atoms with E-state index in [1.165, 1.54) is 16.7 Å². The zero-order chi connectivity index (χ0) is 13.5. The second kappa shape index (κ2) is 7.17. The fraction of sp³-hybridized carbons (Fsp3) is 0.533. The molecule has 0 saturated heterocycles. The van der Waals surface area contributed by atoms with E-state index in [0.717, 1.165) is 6.54 Å². The molecule has 0 saturated carbocycles. The van der Waals surface area contributed by atoms with Gasteiger partial charge in [-0.15, -0.1) is 0 Å². The third-order valence-electron chi connectivity index (χ3n) is 2.93. The SMILES string of the molecule is CCNC(CC(=O)OCC)c1ccc(C)cc1C. The Hall–Kier alpha value is -1.35. The van der Waals surface area contributed by atoms with Crippen molar-refractivity contribution in [2.75, 3.05) is 13.2 Å². The van der Waals surface area contributed by atoms with Crippen LogP contribution in [0.3, 0.4) is 0 Å². The lowest BCUT2D eigenvalue weighted by Crippen LogP contribution is -2.25. The first-order valence-electron chi connectivity index (χ1n) is 6.54. The van der Waals surface area contributed by atoms with Gasteiger partial charge in [-0.1, -0.05) is 30.7 Å². The minimum atomic E-state index is -0.150. The third-order valence-corrected chi connectivity index (χ3v) is 2.93. The molecule has 0 bridgehead atoms. The Morgan fingerprint density at radius 1 is 1.33 bits per heavy atom. The largest absolute Gasteiger partial charge is 0.466 e. The average molecular weight is 249 g/mol. The second-order valence-electron chi connectivity index (χ2n) is 4.48. The molecule has 0 fully saturated rings. The molecular formula is C15H23NO2. The van der Waals surface area contributed by atoms with Gasteiger partial charge in [0.15, 0.2) is 0 Å². The molecule has 0 amide bonds. The highest BCUT2D eigenvalue weighted by molar-refractivity contribution is 5.70. The number of nitrogens with one attached hydrogen (secondary N) is 1. The normalized spacial score (nSPS) is 12.2. The molecule has 0 radical (unpaired) electrons. The van der Waals surface area contributed by atoms with Crippen LogP contribution in [-0.4, -0.2) is 19.1 Å². The van der Waals surface area contributed by atoms with Crippen molar-refractivity contribution in [1.82, 2.24) is 5.32 Å². The summed E-state index contributed by atoms with van der Waals surface area (Å²) in [6.45, 7) is 9.29. The van der Waals surface area contributed by atoms with Crippen molar-refractivity contribution in [2.24, 2.45) is 0 Å². The number of benzene rings is 1. The Bertz CT molecular complexity index is 401. The molecule has 1 atom stereocenters. The number of carbonyl (C=O) groups excluding carboxylic acids is 1. The van der Waals surface area contributed by atoms with Gasteiger partial charge in [0.25, 0.3) is 0 Å². The van der Waals surface area contributed by atoms with E-state index in [4.69, 9.17) is 4.74 Å². The predicted octanol–water partition coefficient (Wildman–Crippen LogP) is 2.91. The van der Waals surface area contributed by atoms with Crippen LogP contribution in [0.4, 0.5) is 0 Å². The van der Waals surface area contributed by atoms with Crippen LogP contribution in [0.15, 0.2) is 18.2 Å². The molecular weight excluding hydrogens is 226 g/mol. The molecule has 0 aliphatic heterocycles. The van der Waals surface area contributed by atoms with Gasteiger partial charge in [-0.2, -0.15) is 0 Å². The molecule has 18 heavy (non-hydrogen) atoms. The first kappa shape index (κ1) is 14.7. The van der Waals surface area contributed by atoms with Gasteiger partial charge in [-0.05, 0) is 38.4 Å². The van der Waals surface area contributed by atoms with Crippen molar-refractivity contribution in [3.05, 3.63) is 34.9 Å². The van der Waals surface area contributed by atoms with Gasteiger partial charge in [0.05, 0.1) is 13.0 Å². The Morgan fingerprint density at radius 2 is 2.06 bits per heavy atom. The fourth-order valence-corrected chi connectivity index (χ4v) is 2.14. The number of esters is 1. The summed E-state index contributed by atoms with van der Waals surface area (Å²) in [5.74, 6) is -0.150. The second-order valence-corrected chi connectivity index (χ2v) is 4.48. The van der Waals surface area contributed by atoms with E-state index in [1.807, 2.05) is 13.8 Å². The van der Waals surface area contributed by atoms with Crippen molar-refractivity contribution >= 4 is 5.97 Å². The lowest BCUT2D eigenvalue weighted by molar-refractivity contribution is -0.143. The van der Waals surface area contributed by atoms with E-state index in [-0.39, 0.29) is 12.0 Å². The molecule has 1 rings (SSSR count). The maximum absolute atomic E-state index is 11.6. The number of aryl methyl sites for hydroxylation is 2. The van der Waals surface area contributed by atoms with Crippen molar-refractivity contribution in [1.29, 1.82) is 0 Å². The quantitative estimate of drug-likeness (QED) is 0.788. The van der Waals surface area contributed by atoms with Gasteiger partial charge < -0.3 is 10.1 Å². The average Bonchev–Trinajstić information content (AvgIpc) is 2.29. The van der Waals surface area contributed by atoms with E-state index in [2.05, 4.69) is 37.4 Å². The summed E-state index contributed by atoms with van der Waals surface area (Å²) in [7, 11) is 0. The summed E-state index contributed by atoms with van der Waals surface area (Å²) in [4.78, 5) is 11.6. The highest BCUT2D eigenvalue weighted by atomic mass is 16.5. The Morgan fingerprint density at radius 3 is 2.61 bits per heavy atom. The van der Waals surface area contributed by atoms with Crippen LogP contribution in [0.5, 0.6) is 0 Å². The van der Waals surface area contributed by atoms with E-state index >= 15 is 0 Å². The lowest BCUT2D eigenvalue weighted by atomic mass is 9.97. The molecule has 0 aliphatic carbocycles. The first-order chi connectivity index (χ1) is 8.58. The first-order valence-corrected chi connectivity index (χ1v) is 6.54. The topological polar surface area (TPSA) is 38.3 Å². The maximum Gasteiger partial charge on any atom is 0.307 e. The maximum atomic E-state index is 11.6. The van der Waals surface area contributed by atoms with Crippen LogP contribution in [0.2, 0.25) is 0 Å². The number of hydrogen-bond acceptors (Lipinski definition) is 3. The van der Waals surface area contributed by atoms with Gasteiger partial charge in [0.2, 0.25) is 0 Å². The van der Waals surface area contributed by atoms with E-state index in [1.54, 1.807) is 0 Å². The van der Waals surface area contributed by atoms with Crippen molar-refractivity contribution in [3.63, 3.8) is 0 Å². The van der Waals surface area contributed by atoms with E-state index < -0.39 is 0 Å². The minimum absolute atomic E-state index is 0.0367. The minimum Gasteiger partial charge on any atom is -0.466 e. The smallest absolute Gasteiger partial charge is 0.307 e. The van der Waals surface area contributed by atoms with E-state index in [9.17, 15) is 4.79 Å². The number of hydrogen-bond donors (Lipinski definition) is 1. The van der Waals surface area contributed by atoms with Gasteiger partial charge in [0, 0.05) is 6.04 Å². The Balaban J connectivity index is 2.86. The van der Waals surface area contributed by atoms with Gasteiger partial charge in [0.1, 0.15) is 0 Å². The summed E-state index contributed by atoms with van der Waals surface area (Å²) in [5, 5.41) is 3.35. The predicted molar refractivity (Wildman–Crippen MR) is 73.6 cm³/mol. The van der Waals surface area contributed by atoms with Crippen LogP contribution >= 0.6 is 0 Å². The van der Waals surface area contributed by atoms with Gasteiger partial charge in [-0.25, -0.2) is 0 Å². The fourth-order valence-electron chi connectivity index (χ4n) is 2.14. The molecule has 1 N–H and O–H groups in total. The molecule has 1 unspecified atom stereocenters. The summed E-state index contributed by atoms with van der Waals surface area (Å²) in [5.41, 5.74) is 3.63. The molecule has 0 heterocycles. The van der Waals surface area contributed by atoms with Crippen LogP contribution in [0.1, 0.15) is 43.0 Å². The van der Waals surface area contributed by atoms with Crippen LogP contribution in [0, 0.1) is 13.8 Å². The van der Waals surface area contributed by atoms with Crippen molar-refractivity contribution in [3.8, 4) is 0 Å². The summed E-state index contributed by atoms with van der Waals surface area (Å²) >= 11 is 0. The molecule has 0 aromatic heterocycles. The summed E-state index contributed by atoms with van der Waals surface area (Å²) in [6, 6.07) is 6.36. The van der Waals surface area contributed by atoms with Crippen molar-refractivity contribution in [2.45, 2.75) is 40.2 Å². The zero-order valence-corrected chi connectivity index (χ0v) is 11.7. The van der Waals surface area contributed by atoms with Crippen LogP contribution < -0.4 is 5.32 Å². The Labute approximate surface area is 110 Å². The molecule has 1 aromatic carbocycles. The van der Waals surface area contributed by atoms with Gasteiger partial charge >= 0.3 is 5.97 Å². The highest BCUT2D eigenvalue weighted by Crippen LogP contribution is 2.22. The molecule has 0 spiro atoms. The Kier molecular flexibility index (Phi) is 5.86. The standard InChI is InChI=1S/C15H23NO2/c1-5-16-14(10-15(17)18-6-2)13-8-7-11(3)9-12(13)4/h7-9,14,16H,5-6,10H2,1-4H3. The van der Waals surface area contributed by atoms with Crippen LogP contribution in [0.25, 0.3) is 0 Å². The molecule has 100 valence electrons. The highest BCUT2D eigenvalue weighted by Gasteiger charge is 2.17. The third kappa shape index (κ3) is 4.15. The number of rotatable bonds is 6. The summed E-state index contributed by atoms with van der Waals surface area (Å²) in [6.07, 6.45) is 0.381. The van der Waals surface area contributed by atoms with E-state index in [0.29, 0.717) is 13.0 Å². The lowest BCUT2D eigenvalue weighted by Gasteiger charge is -2.20. The number of carbonyl (C=O) groups is 1. The molecule has 1 aromatic rings. The molecule has 0 aliphatic rings. The number of ether oxygens (including phenoxy) is 1.